The highest BCUT2D eigenvalue weighted by atomic mass is 16.6. The molecule has 0 radical (unpaired) electrons. The smallest absolute Gasteiger partial charge is 0.272 e. The maximum absolute atomic E-state index is 11.7. The second-order valence-corrected chi connectivity index (χ2v) is 7.46. The largest absolute Gasteiger partial charge is 0.278 e. The van der Waals surface area contributed by atoms with Crippen LogP contribution < -0.4 is 0 Å². The molecule has 0 fully saturated rings. The van der Waals surface area contributed by atoms with Crippen LogP contribution in [0.1, 0.15) is 22.9 Å². The molecule has 0 saturated carbocycles. The van der Waals surface area contributed by atoms with Crippen molar-refractivity contribution in [2.75, 3.05) is 14.1 Å². The first-order chi connectivity index (χ1) is 17.2. The quantitative estimate of drug-likeness (QED) is 0.175. The Kier molecular flexibility index (Phi) is 7.97. The van der Waals surface area contributed by atoms with Crippen molar-refractivity contribution in [2.45, 2.75) is 6.17 Å². The fourth-order valence-electron chi connectivity index (χ4n) is 3.48. The van der Waals surface area contributed by atoms with Crippen LogP contribution in [-0.2, 0) is 0 Å². The molecule has 0 amide bonds. The zero-order valence-electron chi connectivity index (χ0n) is 19.2. The van der Waals surface area contributed by atoms with Gasteiger partial charge in [0.15, 0.2) is 6.17 Å². The molecule has 0 spiro atoms. The molecule has 0 N–H and O–H groups in total. The Morgan fingerprint density at radius 2 is 1.00 bits per heavy atom. The lowest BCUT2D eigenvalue weighted by molar-refractivity contribution is -0.386. The molecule has 3 aromatic carbocycles. The number of nitro groups is 3. The number of hydrazone groups is 2. The molecule has 0 unspecified atom stereocenters. The maximum Gasteiger partial charge on any atom is 0.278 e. The first kappa shape index (κ1) is 25.4. The van der Waals surface area contributed by atoms with Crippen molar-refractivity contribution >= 4 is 29.5 Å². The maximum atomic E-state index is 11.7. The van der Waals surface area contributed by atoms with E-state index in [4.69, 9.17) is 0 Å². The molecule has 3 aromatic rings. The number of nitro benzene ring substituents is 3. The second kappa shape index (κ2) is 11.3. The third-order valence-electron chi connectivity index (χ3n) is 5.14. The number of nitrogens with zero attached hydrogens (tertiary/aromatic N) is 7. The molecule has 0 heterocycles. The van der Waals surface area contributed by atoms with Crippen LogP contribution in [0.2, 0.25) is 0 Å². The summed E-state index contributed by atoms with van der Waals surface area (Å²) in [4.78, 5) is 32.7. The summed E-state index contributed by atoms with van der Waals surface area (Å²) in [6, 6.07) is 18.0. The summed E-state index contributed by atoms with van der Waals surface area (Å²) in [6.07, 6.45) is 1.61. The Labute approximate surface area is 205 Å². The molecule has 13 nitrogen and oxygen atoms in total. The first-order valence-electron chi connectivity index (χ1n) is 10.4. The van der Waals surface area contributed by atoms with Gasteiger partial charge in [-0.05, 0) is 18.2 Å². The van der Waals surface area contributed by atoms with E-state index in [0.717, 1.165) is 0 Å². The number of para-hydroxylation sites is 3. The van der Waals surface area contributed by atoms with Crippen molar-refractivity contribution in [3.63, 3.8) is 0 Å². The van der Waals surface area contributed by atoms with Crippen LogP contribution in [0.3, 0.4) is 0 Å². The summed E-state index contributed by atoms with van der Waals surface area (Å²) in [5.74, 6) is 0. The Morgan fingerprint density at radius 3 is 1.42 bits per heavy atom. The van der Waals surface area contributed by atoms with Crippen LogP contribution in [0.15, 0.2) is 83.0 Å². The average molecular weight is 491 g/mol. The van der Waals surface area contributed by atoms with Gasteiger partial charge in [0.2, 0.25) is 0 Å². The second-order valence-electron chi connectivity index (χ2n) is 7.46. The summed E-state index contributed by atoms with van der Waals surface area (Å²) in [7, 11) is 3.06. The van der Waals surface area contributed by atoms with Crippen LogP contribution in [0.4, 0.5) is 17.1 Å². The molecular formula is C23H21N7O6. The Bertz CT molecular complexity index is 1270. The van der Waals surface area contributed by atoms with E-state index in [0.29, 0.717) is 0 Å². The predicted molar refractivity (Wildman–Crippen MR) is 133 cm³/mol. The standard InChI is InChI=1S/C23H21N7O6/c1-26(24-15-17-9-3-6-12-20(17)28(31)32)23(19-11-5-8-14-22(19)30(35)36)27(2)25-16-18-10-4-7-13-21(18)29(33)34/h3-16,23H,1-2H3/b24-15-,25-16-. The van der Waals surface area contributed by atoms with Crippen LogP contribution in [0, 0.1) is 30.3 Å². The topological polar surface area (TPSA) is 161 Å². The van der Waals surface area contributed by atoms with E-state index in [1.807, 2.05) is 0 Å². The van der Waals surface area contributed by atoms with Gasteiger partial charge in [-0.1, -0.05) is 36.4 Å². The predicted octanol–water partition coefficient (Wildman–Crippen LogP) is 4.34. The molecular weight excluding hydrogens is 470 g/mol. The fraction of sp³-hybridized carbons (Fsp3) is 0.130. The van der Waals surface area contributed by atoms with Gasteiger partial charge in [-0.2, -0.15) is 10.2 Å². The number of rotatable bonds is 10. The Balaban J connectivity index is 2.03. The number of hydrogen-bond donors (Lipinski definition) is 0. The lowest BCUT2D eigenvalue weighted by Gasteiger charge is -2.31. The highest BCUT2D eigenvalue weighted by Gasteiger charge is 2.28. The molecule has 0 bridgehead atoms. The zero-order chi connectivity index (χ0) is 26.2. The molecule has 0 saturated heterocycles. The van der Waals surface area contributed by atoms with Crippen LogP contribution in [0.25, 0.3) is 0 Å². The third-order valence-corrected chi connectivity index (χ3v) is 5.14. The highest BCUT2D eigenvalue weighted by Crippen LogP contribution is 2.31. The minimum absolute atomic E-state index is 0.153. The molecule has 184 valence electrons. The van der Waals surface area contributed by atoms with Gasteiger partial charge in [0.1, 0.15) is 0 Å². The van der Waals surface area contributed by atoms with Gasteiger partial charge in [0.25, 0.3) is 17.1 Å². The van der Waals surface area contributed by atoms with Gasteiger partial charge in [-0.25, -0.2) is 0 Å². The lowest BCUT2D eigenvalue weighted by atomic mass is 10.1. The normalized spacial score (nSPS) is 11.2. The SMILES string of the molecule is CN(/N=C\c1ccccc1[N+](=O)[O-])C(c1ccccc1[N+](=O)[O-])N(C)/N=C\c1ccccc1[N+](=O)[O-]. The van der Waals surface area contributed by atoms with E-state index in [9.17, 15) is 30.3 Å². The summed E-state index contributed by atoms with van der Waals surface area (Å²) < 4.78 is 0. The molecule has 0 atom stereocenters. The molecule has 3 rings (SSSR count). The minimum Gasteiger partial charge on any atom is -0.272 e. The van der Waals surface area contributed by atoms with Crippen molar-refractivity contribution in [3.8, 4) is 0 Å². The van der Waals surface area contributed by atoms with Gasteiger partial charge >= 0.3 is 0 Å². The van der Waals surface area contributed by atoms with Crippen LogP contribution in [-0.4, -0.2) is 51.3 Å². The van der Waals surface area contributed by atoms with Crippen LogP contribution in [0.5, 0.6) is 0 Å². The summed E-state index contributed by atoms with van der Waals surface area (Å²) in [6.45, 7) is 0. The van der Waals surface area contributed by atoms with E-state index < -0.39 is 20.9 Å². The molecule has 0 aromatic heterocycles. The van der Waals surface area contributed by atoms with Gasteiger partial charge in [-0.3, -0.25) is 40.4 Å². The molecule has 0 aliphatic carbocycles. The Hall–Kier alpha value is -5.20. The van der Waals surface area contributed by atoms with Crippen molar-refractivity contribution in [1.82, 2.24) is 10.0 Å². The van der Waals surface area contributed by atoms with E-state index in [2.05, 4.69) is 10.2 Å². The molecule has 0 aliphatic rings. The summed E-state index contributed by atoms with van der Waals surface area (Å²) in [5.41, 5.74) is 0.220. The van der Waals surface area contributed by atoms with E-state index in [-0.39, 0.29) is 33.8 Å². The average Bonchev–Trinajstić information content (AvgIpc) is 2.86. The summed E-state index contributed by atoms with van der Waals surface area (Å²) >= 11 is 0. The first-order valence-corrected chi connectivity index (χ1v) is 10.4. The highest BCUT2D eigenvalue weighted by molar-refractivity contribution is 5.85. The van der Waals surface area contributed by atoms with Crippen molar-refractivity contribution in [2.24, 2.45) is 10.2 Å². The lowest BCUT2D eigenvalue weighted by Crippen LogP contribution is -2.32. The van der Waals surface area contributed by atoms with Crippen molar-refractivity contribution in [3.05, 3.63) is 120 Å². The third kappa shape index (κ3) is 5.83. The van der Waals surface area contributed by atoms with Crippen molar-refractivity contribution < 1.29 is 14.8 Å². The molecule has 13 heteroatoms. The molecule has 36 heavy (non-hydrogen) atoms. The van der Waals surface area contributed by atoms with E-state index >= 15 is 0 Å². The zero-order valence-corrected chi connectivity index (χ0v) is 19.2. The van der Waals surface area contributed by atoms with E-state index in [1.54, 1.807) is 18.2 Å². The van der Waals surface area contributed by atoms with Gasteiger partial charge < -0.3 is 0 Å². The monoisotopic (exact) mass is 491 g/mol. The Morgan fingerprint density at radius 1 is 0.639 bits per heavy atom. The van der Waals surface area contributed by atoms with Gasteiger partial charge in [0, 0.05) is 32.3 Å². The fourth-order valence-corrected chi connectivity index (χ4v) is 3.48. The number of hydrogen-bond acceptors (Lipinski definition) is 10. The minimum atomic E-state index is -0.940. The van der Waals surface area contributed by atoms with E-state index in [1.165, 1.54) is 91.1 Å². The van der Waals surface area contributed by atoms with Gasteiger partial charge in [-0.15, -0.1) is 0 Å². The van der Waals surface area contributed by atoms with Crippen LogP contribution >= 0.6 is 0 Å². The molecule has 0 aliphatic heterocycles. The summed E-state index contributed by atoms with van der Waals surface area (Å²) in [5, 5.41) is 45.7. The van der Waals surface area contributed by atoms with Gasteiger partial charge in [0.05, 0.1) is 43.9 Å². The van der Waals surface area contributed by atoms with Crippen molar-refractivity contribution in [1.29, 1.82) is 0 Å². The number of benzene rings is 3.